The Hall–Kier alpha value is -0.940. The Morgan fingerprint density at radius 3 is 3.00 bits per heavy atom. The molecule has 0 saturated heterocycles. The number of nitrogens with zero attached hydrogens (tertiary/aromatic N) is 2. The van der Waals surface area contributed by atoms with Crippen LogP contribution >= 0.6 is 0 Å². The normalized spacial score (nSPS) is 17.6. The molecule has 1 fully saturated rings. The van der Waals surface area contributed by atoms with Crippen LogP contribution in [-0.4, -0.2) is 36.4 Å². The number of aromatic nitrogens is 2. The fourth-order valence-electron chi connectivity index (χ4n) is 1.75. The third kappa shape index (κ3) is 3.02. The lowest BCUT2D eigenvalue weighted by Crippen LogP contribution is -2.35. The Balaban J connectivity index is 1.89. The van der Waals surface area contributed by atoms with E-state index < -0.39 is 0 Å². The Bertz CT molecular complexity index is 317. The lowest BCUT2D eigenvalue weighted by molar-refractivity contribution is 0.162. The number of ether oxygens (including phenoxy) is 1. The van der Waals surface area contributed by atoms with E-state index in [-0.39, 0.29) is 6.04 Å². The number of methoxy groups -OCH3 is 1. The molecule has 0 radical (unpaired) electrons. The summed E-state index contributed by atoms with van der Waals surface area (Å²) in [5, 5.41) is 7.33. The van der Waals surface area contributed by atoms with E-state index in [9.17, 15) is 0 Å². The summed E-state index contributed by atoms with van der Waals surface area (Å²) in [7, 11) is 1.70. The molecule has 0 spiro atoms. The van der Waals surface area contributed by atoms with Gasteiger partial charge in [0, 0.05) is 25.5 Å². The van der Waals surface area contributed by atoms with E-state index in [1.54, 1.807) is 7.11 Å². The SMILES string of the molecule is CCNC(COC)Cc1nc(C2CC2)no1. The van der Waals surface area contributed by atoms with Gasteiger partial charge in [0.05, 0.1) is 6.61 Å². The third-order valence-corrected chi connectivity index (χ3v) is 2.71. The van der Waals surface area contributed by atoms with Crippen LogP contribution in [0.1, 0.15) is 37.4 Å². The van der Waals surface area contributed by atoms with Crippen LogP contribution in [0.5, 0.6) is 0 Å². The van der Waals surface area contributed by atoms with Crippen LogP contribution in [-0.2, 0) is 11.2 Å². The van der Waals surface area contributed by atoms with Crippen molar-refractivity contribution in [2.75, 3.05) is 20.3 Å². The van der Waals surface area contributed by atoms with Crippen molar-refractivity contribution in [1.82, 2.24) is 15.5 Å². The summed E-state index contributed by atoms with van der Waals surface area (Å²) in [6, 6.07) is 0.252. The maximum Gasteiger partial charge on any atom is 0.228 e. The van der Waals surface area contributed by atoms with Gasteiger partial charge in [-0.15, -0.1) is 0 Å². The first kappa shape index (κ1) is 11.5. The summed E-state index contributed by atoms with van der Waals surface area (Å²) in [4.78, 5) is 4.40. The van der Waals surface area contributed by atoms with Gasteiger partial charge in [-0.3, -0.25) is 0 Å². The monoisotopic (exact) mass is 225 g/mol. The van der Waals surface area contributed by atoms with Gasteiger partial charge in [0.2, 0.25) is 5.89 Å². The Labute approximate surface area is 95.6 Å². The van der Waals surface area contributed by atoms with Gasteiger partial charge < -0.3 is 14.6 Å². The molecule has 1 aliphatic carbocycles. The van der Waals surface area contributed by atoms with Crippen LogP contribution in [0.15, 0.2) is 4.52 Å². The zero-order valence-electron chi connectivity index (χ0n) is 9.90. The molecule has 1 heterocycles. The van der Waals surface area contributed by atoms with Crippen LogP contribution in [0, 0.1) is 0 Å². The minimum atomic E-state index is 0.252. The van der Waals surface area contributed by atoms with Gasteiger partial charge >= 0.3 is 0 Å². The molecule has 1 saturated carbocycles. The van der Waals surface area contributed by atoms with Crippen molar-refractivity contribution < 1.29 is 9.26 Å². The summed E-state index contributed by atoms with van der Waals surface area (Å²) in [5.41, 5.74) is 0. The smallest absolute Gasteiger partial charge is 0.228 e. The molecule has 1 aliphatic rings. The summed E-state index contributed by atoms with van der Waals surface area (Å²) >= 11 is 0. The summed E-state index contributed by atoms with van der Waals surface area (Å²) in [6.45, 7) is 3.65. The molecule has 5 nitrogen and oxygen atoms in total. The summed E-state index contributed by atoms with van der Waals surface area (Å²) in [5.74, 6) is 2.14. The van der Waals surface area contributed by atoms with Crippen LogP contribution < -0.4 is 5.32 Å². The van der Waals surface area contributed by atoms with E-state index >= 15 is 0 Å². The summed E-state index contributed by atoms with van der Waals surface area (Å²) < 4.78 is 10.4. The van der Waals surface area contributed by atoms with E-state index in [0.717, 1.165) is 18.8 Å². The van der Waals surface area contributed by atoms with Crippen molar-refractivity contribution in [2.45, 2.75) is 38.1 Å². The molecular formula is C11H19N3O2. The van der Waals surface area contributed by atoms with Gasteiger partial charge in [-0.05, 0) is 19.4 Å². The molecule has 0 aromatic carbocycles. The third-order valence-electron chi connectivity index (χ3n) is 2.71. The predicted molar refractivity (Wildman–Crippen MR) is 59.3 cm³/mol. The molecule has 2 rings (SSSR count). The molecule has 0 aliphatic heterocycles. The number of hydrogen-bond donors (Lipinski definition) is 1. The van der Waals surface area contributed by atoms with Gasteiger partial charge in [-0.1, -0.05) is 12.1 Å². The second-order valence-corrected chi connectivity index (χ2v) is 4.23. The second-order valence-electron chi connectivity index (χ2n) is 4.23. The maximum atomic E-state index is 5.23. The van der Waals surface area contributed by atoms with Gasteiger partial charge in [0.15, 0.2) is 5.82 Å². The number of hydrogen-bond acceptors (Lipinski definition) is 5. The average Bonchev–Trinajstić information content (AvgIpc) is 3.01. The van der Waals surface area contributed by atoms with Crippen LogP contribution in [0.3, 0.4) is 0 Å². The maximum absolute atomic E-state index is 5.23. The second kappa shape index (κ2) is 5.41. The minimum absolute atomic E-state index is 0.252. The molecule has 5 heteroatoms. The van der Waals surface area contributed by atoms with Gasteiger partial charge in [0.25, 0.3) is 0 Å². The summed E-state index contributed by atoms with van der Waals surface area (Å²) in [6.07, 6.45) is 3.14. The van der Waals surface area contributed by atoms with Crippen LogP contribution in [0.4, 0.5) is 0 Å². The van der Waals surface area contributed by atoms with Gasteiger partial charge in [0.1, 0.15) is 0 Å². The molecule has 0 amide bonds. The molecule has 0 bridgehead atoms. The average molecular weight is 225 g/mol. The standard InChI is InChI=1S/C11H19N3O2/c1-3-12-9(7-15-2)6-10-13-11(14-16-10)8-4-5-8/h8-9,12H,3-7H2,1-2H3. The highest BCUT2D eigenvalue weighted by Gasteiger charge is 2.29. The predicted octanol–water partition coefficient (Wildman–Crippen LogP) is 1.11. The minimum Gasteiger partial charge on any atom is -0.383 e. The van der Waals surface area contributed by atoms with Crippen LogP contribution in [0.2, 0.25) is 0 Å². The van der Waals surface area contributed by atoms with Crippen molar-refractivity contribution in [1.29, 1.82) is 0 Å². The topological polar surface area (TPSA) is 60.2 Å². The molecule has 1 atom stereocenters. The Morgan fingerprint density at radius 2 is 2.38 bits per heavy atom. The van der Waals surface area contributed by atoms with Crippen molar-refractivity contribution in [2.24, 2.45) is 0 Å². The van der Waals surface area contributed by atoms with Gasteiger partial charge in [-0.2, -0.15) is 4.98 Å². The highest BCUT2D eigenvalue weighted by Crippen LogP contribution is 2.38. The van der Waals surface area contributed by atoms with Crippen LogP contribution in [0.25, 0.3) is 0 Å². The largest absolute Gasteiger partial charge is 0.383 e. The van der Waals surface area contributed by atoms with Crippen molar-refractivity contribution in [3.05, 3.63) is 11.7 Å². The zero-order valence-corrected chi connectivity index (χ0v) is 9.90. The van der Waals surface area contributed by atoms with E-state index in [2.05, 4.69) is 22.4 Å². The molecule has 1 aromatic rings. The number of rotatable bonds is 7. The number of likely N-dealkylation sites (N-methyl/N-ethyl adjacent to an activating group) is 1. The van der Waals surface area contributed by atoms with Crippen molar-refractivity contribution >= 4 is 0 Å². The van der Waals surface area contributed by atoms with E-state index in [1.165, 1.54) is 12.8 Å². The first-order valence-electron chi connectivity index (χ1n) is 5.88. The van der Waals surface area contributed by atoms with E-state index in [4.69, 9.17) is 9.26 Å². The van der Waals surface area contributed by atoms with E-state index in [0.29, 0.717) is 18.4 Å². The highest BCUT2D eigenvalue weighted by molar-refractivity contribution is 5.03. The molecule has 1 N–H and O–H groups in total. The molecule has 16 heavy (non-hydrogen) atoms. The molecular weight excluding hydrogens is 206 g/mol. The fourth-order valence-corrected chi connectivity index (χ4v) is 1.75. The number of nitrogens with one attached hydrogen (secondary N) is 1. The van der Waals surface area contributed by atoms with E-state index in [1.807, 2.05) is 0 Å². The molecule has 1 aromatic heterocycles. The van der Waals surface area contributed by atoms with Crippen molar-refractivity contribution in [3.63, 3.8) is 0 Å². The Kier molecular flexibility index (Phi) is 3.90. The molecule has 1 unspecified atom stereocenters. The highest BCUT2D eigenvalue weighted by atomic mass is 16.5. The quantitative estimate of drug-likeness (QED) is 0.753. The van der Waals surface area contributed by atoms with Gasteiger partial charge in [-0.25, -0.2) is 0 Å². The first-order chi connectivity index (χ1) is 7.83. The first-order valence-corrected chi connectivity index (χ1v) is 5.88. The molecule has 90 valence electrons. The Morgan fingerprint density at radius 1 is 1.56 bits per heavy atom. The van der Waals surface area contributed by atoms with Crippen molar-refractivity contribution in [3.8, 4) is 0 Å². The lowest BCUT2D eigenvalue weighted by Gasteiger charge is -2.14. The zero-order chi connectivity index (χ0) is 11.4. The lowest BCUT2D eigenvalue weighted by atomic mass is 10.2. The fraction of sp³-hybridized carbons (Fsp3) is 0.818.